The summed E-state index contributed by atoms with van der Waals surface area (Å²) in [7, 11) is 1.61. The fourth-order valence-corrected chi connectivity index (χ4v) is 1.88. The van der Waals surface area contributed by atoms with Crippen LogP contribution in [0.3, 0.4) is 0 Å². The van der Waals surface area contributed by atoms with E-state index in [0.29, 0.717) is 0 Å². The molecule has 2 N–H and O–H groups in total. The summed E-state index contributed by atoms with van der Waals surface area (Å²) in [5, 5.41) is 2.50. The van der Waals surface area contributed by atoms with Gasteiger partial charge in [0.2, 0.25) is 0 Å². The minimum absolute atomic E-state index is 0.144. The first kappa shape index (κ1) is 12.8. The van der Waals surface area contributed by atoms with E-state index in [9.17, 15) is 4.79 Å². The molecule has 1 aromatic heterocycles. The summed E-state index contributed by atoms with van der Waals surface area (Å²) in [6, 6.07) is 5.82. The third-order valence-electron chi connectivity index (χ3n) is 2.05. The standard InChI is InChI=1S/C11H17N3OS/c1-12-11(15)14-16-9-5-3-7-10-6-2-4-8-13-10/h2,4,6,8H,3,5,7,9H2,1H3,(H2,12,14,15). The van der Waals surface area contributed by atoms with Crippen molar-refractivity contribution < 1.29 is 4.79 Å². The molecule has 0 aliphatic carbocycles. The summed E-state index contributed by atoms with van der Waals surface area (Å²) in [5.74, 6) is 0.931. The molecule has 0 spiro atoms. The van der Waals surface area contributed by atoms with Crippen molar-refractivity contribution in [2.24, 2.45) is 0 Å². The lowest BCUT2D eigenvalue weighted by Gasteiger charge is -2.03. The maximum Gasteiger partial charge on any atom is 0.324 e. The zero-order valence-electron chi connectivity index (χ0n) is 9.40. The smallest absolute Gasteiger partial charge is 0.324 e. The molecule has 0 aliphatic heterocycles. The van der Waals surface area contributed by atoms with Crippen LogP contribution in [0.2, 0.25) is 0 Å². The van der Waals surface area contributed by atoms with Gasteiger partial charge in [-0.1, -0.05) is 6.07 Å². The van der Waals surface area contributed by atoms with Crippen LogP contribution in [0.25, 0.3) is 0 Å². The molecule has 0 aromatic carbocycles. The molecule has 1 heterocycles. The van der Waals surface area contributed by atoms with Gasteiger partial charge in [-0.3, -0.25) is 9.71 Å². The number of aromatic nitrogens is 1. The lowest BCUT2D eigenvalue weighted by atomic mass is 10.2. The fourth-order valence-electron chi connectivity index (χ4n) is 1.19. The highest BCUT2D eigenvalue weighted by atomic mass is 32.2. The number of pyridine rings is 1. The normalized spacial score (nSPS) is 9.81. The van der Waals surface area contributed by atoms with Crippen LogP contribution in [0.1, 0.15) is 18.5 Å². The Morgan fingerprint density at radius 2 is 2.31 bits per heavy atom. The van der Waals surface area contributed by atoms with E-state index in [2.05, 4.69) is 15.0 Å². The van der Waals surface area contributed by atoms with E-state index in [-0.39, 0.29) is 6.03 Å². The Morgan fingerprint density at radius 3 is 3.00 bits per heavy atom. The molecule has 0 atom stereocenters. The van der Waals surface area contributed by atoms with Gasteiger partial charge in [-0.25, -0.2) is 4.79 Å². The molecule has 1 aromatic rings. The van der Waals surface area contributed by atoms with E-state index in [1.807, 2.05) is 24.4 Å². The monoisotopic (exact) mass is 239 g/mol. The van der Waals surface area contributed by atoms with E-state index >= 15 is 0 Å². The number of urea groups is 1. The number of hydrogen-bond acceptors (Lipinski definition) is 3. The molecular formula is C11H17N3OS. The second-order valence-electron chi connectivity index (χ2n) is 3.31. The second-order valence-corrected chi connectivity index (χ2v) is 4.21. The van der Waals surface area contributed by atoms with Crippen molar-refractivity contribution in [3.05, 3.63) is 30.1 Å². The van der Waals surface area contributed by atoms with Crippen LogP contribution in [-0.2, 0) is 6.42 Å². The number of carbonyl (C=O) groups excluding carboxylic acids is 1. The highest BCUT2D eigenvalue weighted by Crippen LogP contribution is 2.04. The van der Waals surface area contributed by atoms with Gasteiger partial charge in [0, 0.05) is 24.7 Å². The first-order valence-electron chi connectivity index (χ1n) is 5.32. The number of carbonyl (C=O) groups is 1. The molecule has 1 rings (SSSR count). The Hall–Kier alpha value is -1.23. The fraction of sp³-hybridized carbons (Fsp3) is 0.455. The van der Waals surface area contributed by atoms with Crippen molar-refractivity contribution >= 4 is 18.0 Å². The topological polar surface area (TPSA) is 54.0 Å². The van der Waals surface area contributed by atoms with E-state index < -0.39 is 0 Å². The Balaban J connectivity index is 1.98. The molecule has 5 heteroatoms. The number of aryl methyl sites for hydroxylation is 1. The van der Waals surface area contributed by atoms with Crippen LogP contribution in [0, 0.1) is 0 Å². The number of amides is 2. The molecule has 4 nitrogen and oxygen atoms in total. The van der Waals surface area contributed by atoms with Crippen LogP contribution in [0.5, 0.6) is 0 Å². The predicted molar refractivity (Wildman–Crippen MR) is 67.2 cm³/mol. The maximum absolute atomic E-state index is 10.8. The zero-order chi connectivity index (χ0) is 11.6. The van der Waals surface area contributed by atoms with Gasteiger partial charge < -0.3 is 5.32 Å². The minimum Gasteiger partial charge on any atom is -0.341 e. The highest BCUT2D eigenvalue weighted by molar-refractivity contribution is 7.97. The summed E-state index contributed by atoms with van der Waals surface area (Å²) in [5.41, 5.74) is 1.13. The molecule has 0 unspecified atom stereocenters. The lowest BCUT2D eigenvalue weighted by molar-refractivity contribution is 0.248. The molecule has 16 heavy (non-hydrogen) atoms. The first-order valence-corrected chi connectivity index (χ1v) is 6.31. The summed E-state index contributed by atoms with van der Waals surface area (Å²) >= 11 is 1.44. The van der Waals surface area contributed by atoms with E-state index in [4.69, 9.17) is 0 Å². The van der Waals surface area contributed by atoms with Gasteiger partial charge in [0.1, 0.15) is 0 Å². The van der Waals surface area contributed by atoms with Crippen LogP contribution in [0.4, 0.5) is 4.79 Å². The van der Waals surface area contributed by atoms with Crippen LogP contribution >= 0.6 is 11.9 Å². The Morgan fingerprint density at radius 1 is 1.44 bits per heavy atom. The van der Waals surface area contributed by atoms with Crippen molar-refractivity contribution in [3.8, 4) is 0 Å². The summed E-state index contributed by atoms with van der Waals surface area (Å²) < 4.78 is 2.68. The molecule has 0 saturated heterocycles. The second kappa shape index (κ2) is 7.98. The average Bonchev–Trinajstić information content (AvgIpc) is 2.34. The average molecular weight is 239 g/mol. The van der Waals surface area contributed by atoms with Gasteiger partial charge in [0.05, 0.1) is 0 Å². The van der Waals surface area contributed by atoms with Gasteiger partial charge >= 0.3 is 6.03 Å². The van der Waals surface area contributed by atoms with Crippen LogP contribution in [0.15, 0.2) is 24.4 Å². The summed E-state index contributed by atoms with van der Waals surface area (Å²) in [6.07, 6.45) is 4.99. The summed E-state index contributed by atoms with van der Waals surface area (Å²) in [6.45, 7) is 0. The van der Waals surface area contributed by atoms with Gasteiger partial charge in [0.15, 0.2) is 0 Å². The molecule has 0 fully saturated rings. The van der Waals surface area contributed by atoms with Gasteiger partial charge in [-0.05, 0) is 43.3 Å². The number of unbranched alkanes of at least 4 members (excludes halogenated alkanes) is 1. The quantitative estimate of drug-likeness (QED) is 0.589. The molecule has 0 bridgehead atoms. The SMILES string of the molecule is CNC(=O)NSCCCCc1ccccn1. The third kappa shape index (κ3) is 5.60. The van der Waals surface area contributed by atoms with Crippen molar-refractivity contribution in [1.29, 1.82) is 0 Å². The number of rotatable bonds is 6. The maximum atomic E-state index is 10.8. The third-order valence-corrected chi connectivity index (χ3v) is 2.87. The van der Waals surface area contributed by atoms with Gasteiger partial charge in [-0.2, -0.15) is 0 Å². The van der Waals surface area contributed by atoms with Crippen molar-refractivity contribution in [3.63, 3.8) is 0 Å². The van der Waals surface area contributed by atoms with Gasteiger partial charge in [0.25, 0.3) is 0 Å². The lowest BCUT2D eigenvalue weighted by Crippen LogP contribution is -2.27. The van der Waals surface area contributed by atoms with Crippen LogP contribution in [-0.4, -0.2) is 23.8 Å². The molecule has 0 saturated carbocycles. The molecular weight excluding hydrogens is 222 g/mol. The first-order chi connectivity index (χ1) is 7.83. The van der Waals surface area contributed by atoms with Gasteiger partial charge in [-0.15, -0.1) is 0 Å². The molecule has 88 valence electrons. The largest absolute Gasteiger partial charge is 0.341 e. The number of hydrogen-bond donors (Lipinski definition) is 2. The minimum atomic E-state index is -0.144. The molecule has 2 amide bonds. The van der Waals surface area contributed by atoms with Crippen molar-refractivity contribution in [2.45, 2.75) is 19.3 Å². The van der Waals surface area contributed by atoms with E-state index in [1.165, 1.54) is 11.9 Å². The van der Waals surface area contributed by atoms with Crippen molar-refractivity contribution in [1.82, 2.24) is 15.0 Å². The molecule has 0 radical (unpaired) electrons. The predicted octanol–water partition coefficient (Wildman–Crippen LogP) is 1.98. The number of nitrogens with one attached hydrogen (secondary N) is 2. The summed E-state index contributed by atoms with van der Waals surface area (Å²) in [4.78, 5) is 15.1. The van der Waals surface area contributed by atoms with E-state index in [1.54, 1.807) is 7.05 Å². The Labute approximate surface area is 100 Å². The molecule has 0 aliphatic rings. The van der Waals surface area contributed by atoms with E-state index in [0.717, 1.165) is 30.7 Å². The van der Waals surface area contributed by atoms with Crippen LogP contribution < -0.4 is 10.0 Å². The Bertz CT molecular complexity index is 305. The highest BCUT2D eigenvalue weighted by Gasteiger charge is 1.96. The Kier molecular flexibility index (Phi) is 6.41. The van der Waals surface area contributed by atoms with Crippen molar-refractivity contribution in [2.75, 3.05) is 12.8 Å². The number of nitrogens with zero attached hydrogens (tertiary/aromatic N) is 1. The zero-order valence-corrected chi connectivity index (χ0v) is 10.2.